The normalized spacial score (nSPS) is 11.4. The number of nitrogens with zero attached hydrogens (tertiary/aromatic N) is 1. The molecule has 0 atom stereocenters. The first kappa shape index (κ1) is 11.4. The molecule has 0 radical (unpaired) electrons. The second-order valence-electron chi connectivity index (χ2n) is 4.44. The molecule has 17 heavy (non-hydrogen) atoms. The van der Waals surface area contributed by atoms with Crippen molar-refractivity contribution in [1.29, 1.82) is 0 Å². The van der Waals surface area contributed by atoms with E-state index in [-0.39, 0.29) is 0 Å². The second kappa shape index (κ2) is 4.05. The standard InChI is InChI=1S/C13H14N2O2/c1-13(2,12(16)17)15-11-10-6-4-3-5-9(10)7-8-14-11/h3-8H,1-2H3,(H,14,15)(H,16,17). The van der Waals surface area contributed by atoms with Crippen LogP contribution in [0.5, 0.6) is 0 Å². The number of anilines is 1. The number of aromatic nitrogens is 1. The molecule has 0 saturated heterocycles. The molecule has 2 rings (SSSR count). The summed E-state index contributed by atoms with van der Waals surface area (Å²) in [6, 6.07) is 9.63. The molecular formula is C13H14N2O2. The van der Waals surface area contributed by atoms with Crippen molar-refractivity contribution in [2.75, 3.05) is 5.32 Å². The topological polar surface area (TPSA) is 62.2 Å². The van der Waals surface area contributed by atoms with Gasteiger partial charge in [-0.1, -0.05) is 24.3 Å². The molecule has 1 aromatic heterocycles. The summed E-state index contributed by atoms with van der Waals surface area (Å²) in [5, 5.41) is 14.0. The van der Waals surface area contributed by atoms with E-state index in [1.54, 1.807) is 20.0 Å². The zero-order valence-electron chi connectivity index (χ0n) is 9.77. The number of carboxylic acid groups (broad SMARTS) is 1. The van der Waals surface area contributed by atoms with Crippen molar-refractivity contribution in [1.82, 2.24) is 4.98 Å². The van der Waals surface area contributed by atoms with Crippen LogP contribution in [0, 0.1) is 0 Å². The first-order valence-corrected chi connectivity index (χ1v) is 5.36. The van der Waals surface area contributed by atoms with Gasteiger partial charge < -0.3 is 10.4 Å². The Balaban J connectivity index is 2.46. The fourth-order valence-electron chi connectivity index (χ4n) is 1.57. The van der Waals surface area contributed by atoms with E-state index in [2.05, 4.69) is 10.3 Å². The van der Waals surface area contributed by atoms with Gasteiger partial charge in [-0.25, -0.2) is 9.78 Å². The van der Waals surface area contributed by atoms with Gasteiger partial charge in [-0.05, 0) is 25.3 Å². The molecule has 0 bridgehead atoms. The van der Waals surface area contributed by atoms with Crippen LogP contribution in [0.2, 0.25) is 0 Å². The number of rotatable bonds is 3. The largest absolute Gasteiger partial charge is 0.480 e. The number of hydrogen-bond acceptors (Lipinski definition) is 3. The number of nitrogens with one attached hydrogen (secondary N) is 1. The van der Waals surface area contributed by atoms with Gasteiger partial charge in [0.25, 0.3) is 0 Å². The second-order valence-corrected chi connectivity index (χ2v) is 4.44. The summed E-state index contributed by atoms with van der Waals surface area (Å²) in [5.74, 6) is -0.317. The summed E-state index contributed by atoms with van der Waals surface area (Å²) in [6.07, 6.45) is 1.67. The van der Waals surface area contributed by atoms with E-state index in [9.17, 15) is 4.79 Å². The number of carboxylic acids is 1. The summed E-state index contributed by atoms with van der Waals surface area (Å²) in [4.78, 5) is 15.3. The van der Waals surface area contributed by atoms with Crippen LogP contribution in [-0.4, -0.2) is 21.6 Å². The Bertz CT molecular complexity index is 559. The molecule has 4 heteroatoms. The molecule has 0 saturated carbocycles. The minimum atomic E-state index is -1.04. The van der Waals surface area contributed by atoms with Crippen molar-refractivity contribution in [3.63, 3.8) is 0 Å². The van der Waals surface area contributed by atoms with Crippen LogP contribution in [0.25, 0.3) is 10.8 Å². The first-order valence-electron chi connectivity index (χ1n) is 5.36. The van der Waals surface area contributed by atoms with Gasteiger partial charge in [-0.15, -0.1) is 0 Å². The number of carbonyl (C=O) groups is 1. The van der Waals surface area contributed by atoms with E-state index in [4.69, 9.17) is 5.11 Å². The maximum absolute atomic E-state index is 11.1. The lowest BCUT2D eigenvalue weighted by Crippen LogP contribution is -2.40. The third-order valence-corrected chi connectivity index (χ3v) is 2.64. The molecule has 0 amide bonds. The third kappa shape index (κ3) is 2.20. The van der Waals surface area contributed by atoms with Crippen molar-refractivity contribution in [2.24, 2.45) is 0 Å². The molecule has 1 heterocycles. The fourth-order valence-corrected chi connectivity index (χ4v) is 1.57. The van der Waals surface area contributed by atoms with Crippen LogP contribution in [-0.2, 0) is 4.79 Å². The molecule has 0 aliphatic heterocycles. The molecule has 0 aliphatic rings. The lowest BCUT2D eigenvalue weighted by molar-refractivity contribution is -0.141. The van der Waals surface area contributed by atoms with Gasteiger partial charge in [-0.3, -0.25) is 0 Å². The summed E-state index contributed by atoms with van der Waals surface area (Å²) >= 11 is 0. The van der Waals surface area contributed by atoms with Crippen molar-refractivity contribution in [2.45, 2.75) is 19.4 Å². The van der Waals surface area contributed by atoms with Crippen molar-refractivity contribution < 1.29 is 9.90 Å². The number of hydrogen-bond donors (Lipinski definition) is 2. The Morgan fingerprint density at radius 2 is 2.00 bits per heavy atom. The van der Waals surface area contributed by atoms with E-state index in [1.807, 2.05) is 30.3 Å². The summed E-state index contributed by atoms with van der Waals surface area (Å²) in [7, 11) is 0. The predicted octanol–water partition coefficient (Wildman–Crippen LogP) is 2.51. The van der Waals surface area contributed by atoms with Crippen LogP contribution in [0.15, 0.2) is 36.5 Å². The Hall–Kier alpha value is -2.10. The minimum absolute atomic E-state index is 0.593. The lowest BCUT2D eigenvalue weighted by atomic mass is 10.1. The zero-order valence-corrected chi connectivity index (χ0v) is 9.77. The average molecular weight is 230 g/mol. The first-order chi connectivity index (χ1) is 8.00. The Morgan fingerprint density at radius 3 is 2.71 bits per heavy atom. The fraction of sp³-hybridized carbons (Fsp3) is 0.231. The van der Waals surface area contributed by atoms with Gasteiger partial charge in [0.15, 0.2) is 0 Å². The van der Waals surface area contributed by atoms with Crippen LogP contribution in [0.1, 0.15) is 13.8 Å². The summed E-state index contributed by atoms with van der Waals surface area (Å²) in [5.41, 5.74) is -1.04. The Kier molecular flexibility index (Phi) is 2.71. The maximum atomic E-state index is 11.1. The smallest absolute Gasteiger partial charge is 0.328 e. The molecule has 0 spiro atoms. The van der Waals surface area contributed by atoms with E-state index in [0.717, 1.165) is 10.8 Å². The van der Waals surface area contributed by atoms with E-state index < -0.39 is 11.5 Å². The molecule has 88 valence electrons. The van der Waals surface area contributed by atoms with Gasteiger partial charge in [0, 0.05) is 11.6 Å². The highest BCUT2D eigenvalue weighted by Crippen LogP contribution is 2.23. The van der Waals surface area contributed by atoms with Gasteiger partial charge >= 0.3 is 5.97 Å². The highest BCUT2D eigenvalue weighted by molar-refractivity contribution is 5.93. The molecule has 2 N–H and O–H groups in total. The van der Waals surface area contributed by atoms with Crippen LogP contribution >= 0.6 is 0 Å². The molecule has 0 aliphatic carbocycles. The highest BCUT2D eigenvalue weighted by Gasteiger charge is 2.27. The third-order valence-electron chi connectivity index (χ3n) is 2.64. The van der Waals surface area contributed by atoms with Crippen LogP contribution in [0.4, 0.5) is 5.82 Å². The Labute approximate surface area is 99.3 Å². The van der Waals surface area contributed by atoms with Crippen molar-refractivity contribution >= 4 is 22.6 Å². The summed E-state index contributed by atoms with van der Waals surface area (Å²) < 4.78 is 0. The van der Waals surface area contributed by atoms with E-state index in [1.165, 1.54) is 0 Å². The molecule has 4 nitrogen and oxygen atoms in total. The van der Waals surface area contributed by atoms with Crippen LogP contribution < -0.4 is 5.32 Å². The molecule has 0 fully saturated rings. The molecule has 0 unspecified atom stereocenters. The van der Waals surface area contributed by atoms with Crippen molar-refractivity contribution in [3.8, 4) is 0 Å². The Morgan fingerprint density at radius 1 is 1.29 bits per heavy atom. The van der Waals surface area contributed by atoms with E-state index in [0.29, 0.717) is 5.82 Å². The van der Waals surface area contributed by atoms with Crippen LogP contribution in [0.3, 0.4) is 0 Å². The van der Waals surface area contributed by atoms with Gasteiger partial charge in [0.1, 0.15) is 11.4 Å². The maximum Gasteiger partial charge on any atom is 0.328 e. The van der Waals surface area contributed by atoms with Gasteiger partial charge in [0.2, 0.25) is 0 Å². The molecule has 1 aromatic carbocycles. The lowest BCUT2D eigenvalue weighted by Gasteiger charge is -2.22. The van der Waals surface area contributed by atoms with Gasteiger partial charge in [0.05, 0.1) is 0 Å². The zero-order chi connectivity index (χ0) is 12.5. The number of pyridine rings is 1. The highest BCUT2D eigenvalue weighted by atomic mass is 16.4. The minimum Gasteiger partial charge on any atom is -0.480 e. The SMILES string of the molecule is CC(C)(Nc1nccc2ccccc12)C(=O)O. The molecular weight excluding hydrogens is 216 g/mol. The summed E-state index contributed by atoms with van der Waals surface area (Å²) in [6.45, 7) is 3.22. The molecule has 2 aromatic rings. The quantitative estimate of drug-likeness (QED) is 0.850. The van der Waals surface area contributed by atoms with Gasteiger partial charge in [-0.2, -0.15) is 0 Å². The average Bonchev–Trinajstić information content (AvgIpc) is 2.29. The van der Waals surface area contributed by atoms with E-state index >= 15 is 0 Å². The van der Waals surface area contributed by atoms with Crippen molar-refractivity contribution in [3.05, 3.63) is 36.5 Å². The number of fused-ring (bicyclic) bond motifs is 1. The number of aliphatic carboxylic acids is 1. The number of benzene rings is 1. The monoisotopic (exact) mass is 230 g/mol. The predicted molar refractivity (Wildman–Crippen MR) is 67.1 cm³/mol.